The number of hydrogen-bond acceptors (Lipinski definition) is 2. The molecule has 0 saturated heterocycles. The Bertz CT molecular complexity index is 224. The van der Waals surface area contributed by atoms with Crippen molar-refractivity contribution in [3.05, 3.63) is 11.9 Å². The van der Waals surface area contributed by atoms with Crippen molar-refractivity contribution in [2.24, 2.45) is 0 Å². The van der Waals surface area contributed by atoms with Crippen LogP contribution < -0.4 is 0 Å². The van der Waals surface area contributed by atoms with Gasteiger partial charge in [-0.1, -0.05) is 51.9 Å². The summed E-state index contributed by atoms with van der Waals surface area (Å²) in [5.74, 6) is 1.39. The van der Waals surface area contributed by atoms with E-state index in [2.05, 4.69) is 50.7 Å². The molecule has 0 aromatic rings. The average molecular weight is 283 g/mol. The number of unbranched alkanes of at least 4 members (excludes halogenated alkanes) is 8. The minimum atomic E-state index is 1.08. The molecule has 0 saturated carbocycles. The van der Waals surface area contributed by atoms with Crippen LogP contribution in [-0.4, -0.2) is 37.0 Å². The van der Waals surface area contributed by atoms with Crippen LogP contribution in [0.4, 0.5) is 0 Å². The lowest BCUT2D eigenvalue weighted by Gasteiger charge is -2.29. The van der Waals surface area contributed by atoms with Gasteiger partial charge in [-0.15, -0.1) is 0 Å². The zero-order valence-corrected chi connectivity index (χ0v) is 14.7. The second-order valence-electron chi connectivity index (χ2n) is 5.85. The Morgan fingerprint density at radius 2 is 1.15 bits per heavy atom. The van der Waals surface area contributed by atoms with Crippen LogP contribution in [-0.2, 0) is 0 Å². The molecule has 0 aromatic carbocycles. The van der Waals surface area contributed by atoms with E-state index < -0.39 is 0 Å². The Balaban J connectivity index is 3.78. The van der Waals surface area contributed by atoms with Gasteiger partial charge in [0.2, 0.25) is 0 Å². The van der Waals surface area contributed by atoms with Crippen molar-refractivity contribution in [1.29, 1.82) is 0 Å². The van der Waals surface area contributed by atoms with Crippen LogP contribution in [0.1, 0.15) is 78.6 Å². The first-order valence-electron chi connectivity index (χ1n) is 8.79. The van der Waals surface area contributed by atoms with Crippen molar-refractivity contribution in [1.82, 2.24) is 9.80 Å². The standard InChI is InChI=1S/C18H38N2/c1-6-9-10-11-12-13-14-15-16-17-18(19(4)7-2)20(5)8-3/h17H,6-16H2,1-5H3. The molecule has 0 spiro atoms. The Morgan fingerprint density at radius 1 is 0.700 bits per heavy atom. The molecule has 2 nitrogen and oxygen atoms in total. The predicted octanol–water partition coefficient (Wildman–Crippen LogP) is 5.26. The Kier molecular flexibility index (Phi) is 12.9. The summed E-state index contributed by atoms with van der Waals surface area (Å²) in [4.78, 5) is 4.68. The van der Waals surface area contributed by atoms with E-state index in [1.165, 1.54) is 63.6 Å². The van der Waals surface area contributed by atoms with E-state index in [0.717, 1.165) is 13.1 Å². The van der Waals surface area contributed by atoms with E-state index in [4.69, 9.17) is 0 Å². The van der Waals surface area contributed by atoms with Crippen LogP contribution >= 0.6 is 0 Å². The molecule has 0 unspecified atom stereocenters. The molecule has 0 radical (unpaired) electrons. The summed E-state index contributed by atoms with van der Waals surface area (Å²) in [5, 5.41) is 0. The van der Waals surface area contributed by atoms with Crippen LogP contribution in [0.5, 0.6) is 0 Å². The fraction of sp³-hybridized carbons (Fsp3) is 0.889. The highest BCUT2D eigenvalue weighted by molar-refractivity contribution is 4.98. The van der Waals surface area contributed by atoms with Crippen molar-refractivity contribution in [2.45, 2.75) is 78.6 Å². The summed E-state index contributed by atoms with van der Waals surface area (Å²) in [7, 11) is 4.37. The van der Waals surface area contributed by atoms with Gasteiger partial charge in [-0.25, -0.2) is 0 Å². The first-order chi connectivity index (χ1) is 9.67. The van der Waals surface area contributed by atoms with Crippen LogP contribution in [0.3, 0.4) is 0 Å². The molecule has 0 atom stereocenters. The fourth-order valence-corrected chi connectivity index (χ4v) is 2.44. The van der Waals surface area contributed by atoms with Crippen molar-refractivity contribution in [2.75, 3.05) is 27.2 Å². The molecule has 0 aliphatic heterocycles. The van der Waals surface area contributed by atoms with E-state index in [1.54, 1.807) is 0 Å². The van der Waals surface area contributed by atoms with Crippen molar-refractivity contribution in [3.8, 4) is 0 Å². The molecular formula is C18H38N2. The predicted molar refractivity (Wildman–Crippen MR) is 91.9 cm³/mol. The highest BCUT2D eigenvalue weighted by Crippen LogP contribution is 2.12. The fourth-order valence-electron chi connectivity index (χ4n) is 2.44. The summed E-state index contributed by atoms with van der Waals surface area (Å²) in [6, 6.07) is 0. The van der Waals surface area contributed by atoms with Gasteiger partial charge in [0.05, 0.1) is 5.82 Å². The molecule has 0 aliphatic rings. The zero-order chi connectivity index (χ0) is 15.2. The van der Waals surface area contributed by atoms with E-state index in [9.17, 15) is 0 Å². The van der Waals surface area contributed by atoms with Gasteiger partial charge in [-0.2, -0.15) is 0 Å². The minimum absolute atomic E-state index is 1.08. The molecule has 0 fully saturated rings. The SMILES string of the molecule is CCCCCCCCCCC=C(N(C)CC)N(C)CC. The number of allylic oxidation sites excluding steroid dienone is 1. The van der Waals surface area contributed by atoms with E-state index in [0.29, 0.717) is 0 Å². The molecule has 0 aliphatic carbocycles. The molecule has 0 heterocycles. The molecule has 0 bridgehead atoms. The Morgan fingerprint density at radius 3 is 1.60 bits per heavy atom. The third kappa shape index (κ3) is 9.28. The minimum Gasteiger partial charge on any atom is -0.362 e. The normalized spacial score (nSPS) is 10.4. The molecule has 0 amide bonds. The summed E-state index contributed by atoms with van der Waals surface area (Å²) in [5.41, 5.74) is 0. The second kappa shape index (κ2) is 13.3. The third-order valence-electron chi connectivity index (χ3n) is 4.12. The molecule has 120 valence electrons. The first kappa shape index (κ1) is 19.3. The second-order valence-corrected chi connectivity index (χ2v) is 5.85. The van der Waals surface area contributed by atoms with Crippen LogP contribution in [0.2, 0.25) is 0 Å². The summed E-state index contributed by atoms with van der Waals surface area (Å²) in [6.07, 6.45) is 14.9. The maximum Gasteiger partial charge on any atom is 0.0992 e. The molecule has 20 heavy (non-hydrogen) atoms. The smallest absolute Gasteiger partial charge is 0.0992 e. The lowest BCUT2D eigenvalue weighted by atomic mass is 10.1. The van der Waals surface area contributed by atoms with Crippen LogP contribution in [0.25, 0.3) is 0 Å². The Hall–Kier alpha value is -0.660. The van der Waals surface area contributed by atoms with Gasteiger partial charge in [0.25, 0.3) is 0 Å². The van der Waals surface area contributed by atoms with Gasteiger partial charge < -0.3 is 9.80 Å². The van der Waals surface area contributed by atoms with Crippen molar-refractivity contribution >= 4 is 0 Å². The van der Waals surface area contributed by atoms with E-state index >= 15 is 0 Å². The zero-order valence-electron chi connectivity index (χ0n) is 14.7. The van der Waals surface area contributed by atoms with E-state index in [1.807, 2.05) is 0 Å². The highest BCUT2D eigenvalue weighted by Gasteiger charge is 2.05. The van der Waals surface area contributed by atoms with Gasteiger partial charge in [0.1, 0.15) is 0 Å². The maximum absolute atomic E-state index is 2.42. The van der Waals surface area contributed by atoms with Gasteiger partial charge in [-0.3, -0.25) is 0 Å². The number of rotatable bonds is 13. The lowest BCUT2D eigenvalue weighted by molar-refractivity contribution is 0.283. The van der Waals surface area contributed by atoms with Gasteiger partial charge in [0, 0.05) is 27.2 Å². The highest BCUT2D eigenvalue weighted by atomic mass is 15.3. The Labute approximate surface area is 128 Å². The maximum atomic E-state index is 2.42. The van der Waals surface area contributed by atoms with Crippen LogP contribution in [0.15, 0.2) is 11.9 Å². The quantitative estimate of drug-likeness (QED) is 0.425. The monoisotopic (exact) mass is 282 g/mol. The lowest BCUT2D eigenvalue weighted by Crippen LogP contribution is -2.30. The van der Waals surface area contributed by atoms with Gasteiger partial charge >= 0.3 is 0 Å². The van der Waals surface area contributed by atoms with Crippen LogP contribution in [0, 0.1) is 0 Å². The molecule has 0 rings (SSSR count). The third-order valence-corrected chi connectivity index (χ3v) is 4.12. The molecule has 0 N–H and O–H groups in total. The molecular weight excluding hydrogens is 244 g/mol. The van der Waals surface area contributed by atoms with Crippen molar-refractivity contribution < 1.29 is 0 Å². The van der Waals surface area contributed by atoms with E-state index in [-0.39, 0.29) is 0 Å². The molecule has 0 aromatic heterocycles. The van der Waals surface area contributed by atoms with Gasteiger partial charge in [0.15, 0.2) is 0 Å². The summed E-state index contributed by atoms with van der Waals surface area (Å²) < 4.78 is 0. The summed E-state index contributed by atoms with van der Waals surface area (Å²) >= 11 is 0. The summed E-state index contributed by atoms with van der Waals surface area (Å²) in [6.45, 7) is 8.87. The van der Waals surface area contributed by atoms with Gasteiger partial charge in [-0.05, 0) is 32.8 Å². The topological polar surface area (TPSA) is 6.48 Å². The number of nitrogens with zero attached hydrogens (tertiary/aromatic N) is 2. The largest absolute Gasteiger partial charge is 0.362 e. The first-order valence-corrected chi connectivity index (χ1v) is 8.79. The number of hydrogen-bond donors (Lipinski definition) is 0. The average Bonchev–Trinajstić information content (AvgIpc) is 2.48. The van der Waals surface area contributed by atoms with Crippen molar-refractivity contribution in [3.63, 3.8) is 0 Å². The molecule has 2 heteroatoms.